The molecule has 24 heavy (non-hydrogen) atoms. The van der Waals surface area contributed by atoms with Gasteiger partial charge < -0.3 is 5.32 Å². The van der Waals surface area contributed by atoms with Gasteiger partial charge in [0.15, 0.2) is 0 Å². The van der Waals surface area contributed by atoms with Crippen LogP contribution in [0.4, 0.5) is 5.69 Å². The highest BCUT2D eigenvalue weighted by molar-refractivity contribution is 7.89. The van der Waals surface area contributed by atoms with Crippen molar-refractivity contribution >= 4 is 21.6 Å². The maximum absolute atomic E-state index is 12.1. The average molecular weight is 352 g/mol. The molecule has 0 aliphatic rings. The summed E-state index contributed by atoms with van der Waals surface area (Å²) >= 11 is 0. The average Bonchev–Trinajstić information content (AvgIpc) is 2.50. The second kappa shape index (κ2) is 6.81. The Morgan fingerprint density at radius 3 is 2.58 bits per heavy atom. The van der Waals surface area contributed by atoms with E-state index in [1.54, 1.807) is 0 Å². The molecule has 0 unspecified atom stereocenters. The minimum absolute atomic E-state index is 0.0338. The van der Waals surface area contributed by atoms with E-state index in [-0.39, 0.29) is 17.1 Å². The Morgan fingerprint density at radius 1 is 1.25 bits per heavy atom. The van der Waals surface area contributed by atoms with Crippen LogP contribution in [0.1, 0.15) is 0 Å². The standard InChI is InChI=1S/C14H16N4O5S/c1-17(2)24(22,23)11-5-3-4-10(8-11)15-13(20)9-18-7-6-12(19)16-14(18)21/h3-8H,9H2,1-2H3,(H,15,20)(H,16,19,21). The lowest BCUT2D eigenvalue weighted by Gasteiger charge is -2.13. The third kappa shape index (κ3) is 3.97. The summed E-state index contributed by atoms with van der Waals surface area (Å²) in [6.07, 6.45) is 1.20. The molecule has 0 saturated heterocycles. The topological polar surface area (TPSA) is 121 Å². The second-order valence-electron chi connectivity index (χ2n) is 5.10. The molecule has 128 valence electrons. The van der Waals surface area contributed by atoms with E-state index in [4.69, 9.17) is 0 Å². The zero-order chi connectivity index (χ0) is 17.9. The fourth-order valence-corrected chi connectivity index (χ4v) is 2.82. The summed E-state index contributed by atoms with van der Waals surface area (Å²) < 4.78 is 26.2. The van der Waals surface area contributed by atoms with E-state index < -0.39 is 27.2 Å². The minimum Gasteiger partial charge on any atom is -0.324 e. The molecule has 2 aromatic rings. The quantitative estimate of drug-likeness (QED) is 0.746. The van der Waals surface area contributed by atoms with Crippen LogP contribution in [0, 0.1) is 0 Å². The van der Waals surface area contributed by atoms with Crippen molar-refractivity contribution in [1.82, 2.24) is 13.9 Å². The second-order valence-corrected chi connectivity index (χ2v) is 7.25. The van der Waals surface area contributed by atoms with Crippen LogP contribution in [0.15, 0.2) is 51.0 Å². The molecule has 0 fully saturated rings. The van der Waals surface area contributed by atoms with Crippen molar-refractivity contribution in [2.45, 2.75) is 11.4 Å². The van der Waals surface area contributed by atoms with Gasteiger partial charge in [0.2, 0.25) is 15.9 Å². The Labute approximate surface area is 137 Å². The van der Waals surface area contributed by atoms with Gasteiger partial charge in [-0.05, 0) is 18.2 Å². The molecule has 0 spiro atoms. The lowest BCUT2D eigenvalue weighted by Crippen LogP contribution is -2.32. The van der Waals surface area contributed by atoms with Crippen LogP contribution >= 0.6 is 0 Å². The number of carbonyl (C=O) groups excluding carboxylic acids is 1. The first kappa shape index (κ1) is 17.6. The summed E-state index contributed by atoms with van der Waals surface area (Å²) in [5.41, 5.74) is -0.986. The van der Waals surface area contributed by atoms with Crippen molar-refractivity contribution in [3.05, 3.63) is 57.4 Å². The summed E-state index contributed by atoms with van der Waals surface area (Å²) in [4.78, 5) is 36.6. The number of aromatic amines is 1. The van der Waals surface area contributed by atoms with Crippen molar-refractivity contribution in [2.75, 3.05) is 19.4 Å². The van der Waals surface area contributed by atoms with Gasteiger partial charge in [0.1, 0.15) is 6.54 Å². The molecule has 2 N–H and O–H groups in total. The molecule has 9 nitrogen and oxygen atoms in total. The van der Waals surface area contributed by atoms with Gasteiger partial charge >= 0.3 is 5.69 Å². The van der Waals surface area contributed by atoms with E-state index in [0.717, 1.165) is 14.9 Å². The molecule has 1 aromatic carbocycles. The van der Waals surface area contributed by atoms with Gasteiger partial charge in [-0.15, -0.1) is 0 Å². The fourth-order valence-electron chi connectivity index (χ4n) is 1.87. The van der Waals surface area contributed by atoms with E-state index in [9.17, 15) is 22.8 Å². The monoisotopic (exact) mass is 352 g/mol. The van der Waals surface area contributed by atoms with Crippen molar-refractivity contribution in [3.63, 3.8) is 0 Å². The van der Waals surface area contributed by atoms with Crippen molar-refractivity contribution in [3.8, 4) is 0 Å². The number of benzene rings is 1. The Kier molecular flexibility index (Phi) is 5.00. The number of carbonyl (C=O) groups is 1. The van der Waals surface area contributed by atoms with Gasteiger partial charge in [0.25, 0.3) is 5.56 Å². The number of nitrogens with one attached hydrogen (secondary N) is 2. The Bertz CT molecular complexity index is 975. The maximum Gasteiger partial charge on any atom is 0.328 e. The van der Waals surface area contributed by atoms with E-state index >= 15 is 0 Å². The van der Waals surface area contributed by atoms with E-state index in [1.807, 2.05) is 4.98 Å². The van der Waals surface area contributed by atoms with E-state index in [2.05, 4.69) is 5.32 Å². The molecule has 0 radical (unpaired) electrons. The number of aromatic nitrogens is 2. The van der Waals surface area contributed by atoms with E-state index in [0.29, 0.717) is 0 Å². The molecule has 10 heteroatoms. The van der Waals surface area contributed by atoms with Gasteiger partial charge in [0, 0.05) is 32.0 Å². The summed E-state index contributed by atoms with van der Waals surface area (Å²) in [6.45, 7) is -0.319. The lowest BCUT2D eigenvalue weighted by molar-refractivity contribution is -0.116. The minimum atomic E-state index is -3.62. The molecule has 1 heterocycles. The highest BCUT2D eigenvalue weighted by Crippen LogP contribution is 2.17. The third-order valence-electron chi connectivity index (χ3n) is 3.11. The highest BCUT2D eigenvalue weighted by atomic mass is 32.2. The highest BCUT2D eigenvalue weighted by Gasteiger charge is 2.17. The molecule has 1 aromatic heterocycles. The molecule has 0 bridgehead atoms. The molecule has 0 atom stereocenters. The first-order valence-corrected chi connectivity index (χ1v) is 8.26. The fraction of sp³-hybridized carbons (Fsp3) is 0.214. The Balaban J connectivity index is 2.18. The predicted molar refractivity (Wildman–Crippen MR) is 87.3 cm³/mol. The largest absolute Gasteiger partial charge is 0.328 e. The van der Waals surface area contributed by atoms with Crippen LogP contribution in [-0.2, 0) is 21.4 Å². The number of amides is 1. The molecular weight excluding hydrogens is 336 g/mol. The first-order chi connectivity index (χ1) is 11.2. The first-order valence-electron chi connectivity index (χ1n) is 6.82. The molecule has 0 aliphatic heterocycles. The predicted octanol–water partition coefficient (Wildman–Crippen LogP) is -0.574. The third-order valence-corrected chi connectivity index (χ3v) is 4.92. The Hall–Kier alpha value is -2.72. The van der Waals surface area contributed by atoms with Gasteiger partial charge in [-0.3, -0.25) is 19.1 Å². The summed E-state index contributed by atoms with van der Waals surface area (Å²) in [7, 11) is -0.807. The van der Waals surface area contributed by atoms with Gasteiger partial charge in [-0.1, -0.05) is 6.07 Å². The van der Waals surface area contributed by atoms with Crippen LogP contribution < -0.4 is 16.6 Å². The maximum atomic E-state index is 12.1. The van der Waals surface area contributed by atoms with Gasteiger partial charge in [-0.25, -0.2) is 17.5 Å². The lowest BCUT2D eigenvalue weighted by atomic mass is 10.3. The molecule has 0 aliphatic carbocycles. The van der Waals surface area contributed by atoms with Crippen LogP contribution in [-0.4, -0.2) is 42.3 Å². The number of hydrogen-bond acceptors (Lipinski definition) is 5. The Morgan fingerprint density at radius 2 is 1.96 bits per heavy atom. The number of sulfonamides is 1. The zero-order valence-electron chi connectivity index (χ0n) is 13.0. The number of nitrogens with zero attached hydrogens (tertiary/aromatic N) is 2. The molecule has 2 rings (SSSR count). The van der Waals surface area contributed by atoms with Crippen LogP contribution in [0.2, 0.25) is 0 Å². The summed E-state index contributed by atoms with van der Waals surface area (Å²) in [5, 5.41) is 2.51. The summed E-state index contributed by atoms with van der Waals surface area (Å²) in [5.74, 6) is -0.538. The molecule has 1 amide bonds. The number of H-pyrrole nitrogens is 1. The number of rotatable bonds is 5. The number of hydrogen-bond donors (Lipinski definition) is 2. The smallest absolute Gasteiger partial charge is 0.324 e. The van der Waals surface area contributed by atoms with Gasteiger partial charge in [0.05, 0.1) is 4.90 Å². The van der Waals surface area contributed by atoms with Crippen LogP contribution in [0.5, 0.6) is 0 Å². The SMILES string of the molecule is CN(C)S(=O)(=O)c1cccc(NC(=O)Cn2ccc(=O)[nH]c2=O)c1. The molecular formula is C14H16N4O5S. The van der Waals surface area contributed by atoms with E-state index in [1.165, 1.54) is 44.6 Å². The molecule has 0 saturated carbocycles. The number of anilines is 1. The van der Waals surface area contributed by atoms with Crippen molar-refractivity contribution < 1.29 is 13.2 Å². The zero-order valence-corrected chi connectivity index (χ0v) is 13.8. The van der Waals surface area contributed by atoms with Gasteiger partial charge in [-0.2, -0.15) is 0 Å². The normalized spacial score (nSPS) is 11.5. The van der Waals surface area contributed by atoms with Crippen molar-refractivity contribution in [1.29, 1.82) is 0 Å². The van der Waals surface area contributed by atoms with Crippen molar-refractivity contribution in [2.24, 2.45) is 0 Å². The summed E-state index contributed by atoms with van der Waals surface area (Å²) in [6, 6.07) is 6.89. The van der Waals surface area contributed by atoms with Crippen LogP contribution in [0.3, 0.4) is 0 Å². The van der Waals surface area contributed by atoms with Crippen LogP contribution in [0.25, 0.3) is 0 Å².